The summed E-state index contributed by atoms with van der Waals surface area (Å²) >= 11 is 0. The number of H-pyrrole nitrogens is 1. The van der Waals surface area contributed by atoms with Crippen molar-refractivity contribution in [1.82, 2.24) is 25.1 Å². The molecule has 2 amide bonds. The Labute approximate surface area is 170 Å². The molecule has 1 unspecified atom stereocenters. The van der Waals surface area contributed by atoms with Gasteiger partial charge in [-0.3, -0.25) is 9.69 Å². The van der Waals surface area contributed by atoms with E-state index in [1.54, 1.807) is 0 Å². The van der Waals surface area contributed by atoms with E-state index in [0.29, 0.717) is 6.54 Å². The Morgan fingerprint density at radius 2 is 2.17 bits per heavy atom. The van der Waals surface area contributed by atoms with Crippen LogP contribution in [0.25, 0.3) is 11.0 Å². The van der Waals surface area contributed by atoms with Gasteiger partial charge in [-0.05, 0) is 56.8 Å². The molecule has 0 spiro atoms. The highest BCUT2D eigenvalue weighted by molar-refractivity contribution is 5.77. The summed E-state index contributed by atoms with van der Waals surface area (Å²) in [4.78, 5) is 35.8. The van der Waals surface area contributed by atoms with Crippen molar-refractivity contribution in [2.75, 3.05) is 19.6 Å². The lowest BCUT2D eigenvalue weighted by atomic mass is 9.85. The van der Waals surface area contributed by atoms with Crippen molar-refractivity contribution in [2.24, 2.45) is 0 Å². The molecule has 2 aromatic rings. The number of carboxylic acids is 1. The normalized spacial score (nSPS) is 24.1. The van der Waals surface area contributed by atoms with Crippen LogP contribution in [-0.4, -0.2) is 68.6 Å². The highest BCUT2D eigenvalue weighted by Gasteiger charge is 2.38. The van der Waals surface area contributed by atoms with Gasteiger partial charge < -0.3 is 20.3 Å². The number of aliphatic carboxylic acids is 1. The second kappa shape index (κ2) is 8.02. The van der Waals surface area contributed by atoms with Crippen LogP contribution in [0.1, 0.15) is 50.0 Å². The zero-order valence-electron chi connectivity index (χ0n) is 17.0. The molecule has 1 aliphatic heterocycles. The van der Waals surface area contributed by atoms with E-state index < -0.39 is 5.97 Å². The Kier molecular flexibility index (Phi) is 5.45. The number of hydrogen-bond acceptors (Lipinski definition) is 4. The molecule has 1 aromatic carbocycles. The topological polar surface area (TPSA) is 102 Å². The third-order valence-electron chi connectivity index (χ3n) is 6.19. The minimum Gasteiger partial charge on any atom is -0.480 e. The molecule has 8 heteroatoms. The second-order valence-corrected chi connectivity index (χ2v) is 8.22. The quantitative estimate of drug-likeness (QED) is 0.693. The SMILES string of the molecule is CCN(CC(=O)O)C1CC(NC(=O)N2CCCC2c2nc3ccc(C)cc3[nH]2)C1. The molecule has 1 saturated heterocycles. The molecule has 1 aromatic heterocycles. The molecule has 29 heavy (non-hydrogen) atoms. The van der Waals surface area contributed by atoms with Gasteiger partial charge in [-0.1, -0.05) is 13.0 Å². The Morgan fingerprint density at radius 1 is 1.38 bits per heavy atom. The van der Waals surface area contributed by atoms with Gasteiger partial charge in [0.25, 0.3) is 0 Å². The summed E-state index contributed by atoms with van der Waals surface area (Å²) in [5.41, 5.74) is 3.11. The number of urea groups is 1. The number of carbonyl (C=O) groups is 2. The van der Waals surface area contributed by atoms with Crippen LogP contribution in [0.4, 0.5) is 4.79 Å². The molecule has 0 radical (unpaired) electrons. The van der Waals surface area contributed by atoms with Crippen LogP contribution in [0.5, 0.6) is 0 Å². The Hall–Kier alpha value is -2.61. The standard InChI is InChI=1S/C21H29N5O3/c1-3-25(12-19(27)28)15-10-14(11-15)22-21(29)26-8-4-5-18(26)20-23-16-7-6-13(2)9-17(16)24-20/h6-7,9,14-15,18H,3-5,8,10-12H2,1-2H3,(H,22,29)(H,23,24)(H,27,28). The number of nitrogens with zero attached hydrogens (tertiary/aromatic N) is 3. The van der Waals surface area contributed by atoms with Gasteiger partial charge in [0, 0.05) is 18.6 Å². The number of imidazole rings is 1. The van der Waals surface area contributed by atoms with E-state index in [1.807, 2.05) is 28.9 Å². The molecule has 0 bridgehead atoms. The molecule has 8 nitrogen and oxygen atoms in total. The first-order valence-electron chi connectivity index (χ1n) is 10.4. The largest absolute Gasteiger partial charge is 0.480 e. The Morgan fingerprint density at radius 3 is 2.90 bits per heavy atom. The second-order valence-electron chi connectivity index (χ2n) is 8.22. The van der Waals surface area contributed by atoms with E-state index in [0.717, 1.165) is 49.1 Å². The maximum atomic E-state index is 12.9. The molecule has 1 aliphatic carbocycles. The average molecular weight is 399 g/mol. The first-order valence-corrected chi connectivity index (χ1v) is 10.4. The van der Waals surface area contributed by atoms with Gasteiger partial charge in [0.2, 0.25) is 0 Å². The first-order chi connectivity index (χ1) is 13.9. The minimum absolute atomic E-state index is 0.0299. The van der Waals surface area contributed by atoms with Crippen LogP contribution in [0.2, 0.25) is 0 Å². The summed E-state index contributed by atoms with van der Waals surface area (Å²) < 4.78 is 0. The number of carboxylic acid groups (broad SMARTS) is 1. The zero-order valence-corrected chi connectivity index (χ0v) is 17.0. The van der Waals surface area contributed by atoms with Crippen LogP contribution in [0, 0.1) is 6.92 Å². The number of likely N-dealkylation sites (tertiary alicyclic amines) is 1. The zero-order chi connectivity index (χ0) is 20.5. The predicted molar refractivity (Wildman–Crippen MR) is 110 cm³/mol. The van der Waals surface area contributed by atoms with Crippen LogP contribution < -0.4 is 5.32 Å². The molecular weight excluding hydrogens is 370 g/mol. The third kappa shape index (κ3) is 4.07. The number of hydrogen-bond donors (Lipinski definition) is 3. The number of likely N-dealkylation sites (N-methyl/N-ethyl adjacent to an activating group) is 1. The summed E-state index contributed by atoms with van der Waals surface area (Å²) in [5.74, 6) is 0.0450. The van der Waals surface area contributed by atoms with Gasteiger partial charge in [0.15, 0.2) is 0 Å². The molecular formula is C21H29N5O3. The summed E-state index contributed by atoms with van der Waals surface area (Å²) in [6.45, 7) is 5.51. The van der Waals surface area contributed by atoms with E-state index in [9.17, 15) is 9.59 Å². The molecule has 2 fully saturated rings. The Balaban J connectivity index is 1.36. The maximum absolute atomic E-state index is 12.9. The van der Waals surface area contributed by atoms with Crippen molar-refractivity contribution in [3.05, 3.63) is 29.6 Å². The molecule has 2 heterocycles. The lowest BCUT2D eigenvalue weighted by Crippen LogP contribution is -2.56. The molecule has 1 saturated carbocycles. The summed E-state index contributed by atoms with van der Waals surface area (Å²) in [7, 11) is 0. The highest BCUT2D eigenvalue weighted by Crippen LogP contribution is 2.32. The van der Waals surface area contributed by atoms with Gasteiger partial charge in [0.05, 0.1) is 23.6 Å². The van der Waals surface area contributed by atoms with Gasteiger partial charge in [0.1, 0.15) is 5.82 Å². The van der Waals surface area contributed by atoms with E-state index in [4.69, 9.17) is 10.1 Å². The van der Waals surface area contributed by atoms with Crippen LogP contribution >= 0.6 is 0 Å². The van der Waals surface area contributed by atoms with Gasteiger partial charge >= 0.3 is 12.0 Å². The first kappa shape index (κ1) is 19.7. The molecule has 4 rings (SSSR count). The monoisotopic (exact) mass is 399 g/mol. The van der Waals surface area contributed by atoms with E-state index in [-0.39, 0.29) is 30.7 Å². The number of nitrogens with one attached hydrogen (secondary N) is 2. The maximum Gasteiger partial charge on any atom is 0.318 e. The molecule has 3 N–H and O–H groups in total. The average Bonchev–Trinajstić information content (AvgIpc) is 3.28. The molecule has 2 aliphatic rings. The lowest BCUT2D eigenvalue weighted by Gasteiger charge is -2.42. The summed E-state index contributed by atoms with van der Waals surface area (Å²) in [6.07, 6.45) is 3.47. The van der Waals surface area contributed by atoms with Crippen molar-refractivity contribution in [3.8, 4) is 0 Å². The number of aromatic nitrogens is 2. The van der Waals surface area contributed by atoms with Gasteiger partial charge in [-0.2, -0.15) is 0 Å². The fourth-order valence-corrected chi connectivity index (χ4v) is 4.53. The van der Waals surface area contributed by atoms with Gasteiger partial charge in [-0.15, -0.1) is 0 Å². The number of amides is 2. The number of carbonyl (C=O) groups excluding carboxylic acids is 1. The van der Waals surface area contributed by atoms with Crippen LogP contribution in [-0.2, 0) is 4.79 Å². The number of fused-ring (bicyclic) bond motifs is 1. The van der Waals surface area contributed by atoms with E-state index in [1.165, 1.54) is 5.56 Å². The Bertz CT molecular complexity index is 905. The predicted octanol–water partition coefficient (Wildman–Crippen LogP) is 2.66. The van der Waals surface area contributed by atoms with Crippen molar-refractivity contribution in [2.45, 2.75) is 57.7 Å². The van der Waals surface area contributed by atoms with Gasteiger partial charge in [-0.25, -0.2) is 9.78 Å². The summed E-state index contributed by atoms with van der Waals surface area (Å²) in [5, 5.41) is 12.2. The van der Waals surface area contributed by atoms with Crippen LogP contribution in [0.3, 0.4) is 0 Å². The lowest BCUT2D eigenvalue weighted by molar-refractivity contribution is -0.139. The highest BCUT2D eigenvalue weighted by atomic mass is 16.4. The molecule has 1 atom stereocenters. The van der Waals surface area contributed by atoms with Crippen molar-refractivity contribution in [3.63, 3.8) is 0 Å². The third-order valence-corrected chi connectivity index (χ3v) is 6.19. The summed E-state index contributed by atoms with van der Waals surface area (Å²) in [6, 6.07) is 6.39. The molecule has 156 valence electrons. The number of aromatic amines is 1. The fourth-order valence-electron chi connectivity index (χ4n) is 4.53. The van der Waals surface area contributed by atoms with Crippen molar-refractivity contribution in [1.29, 1.82) is 0 Å². The number of benzene rings is 1. The fraction of sp³-hybridized carbons (Fsp3) is 0.571. The van der Waals surface area contributed by atoms with Crippen LogP contribution in [0.15, 0.2) is 18.2 Å². The van der Waals surface area contributed by atoms with Crippen molar-refractivity contribution < 1.29 is 14.7 Å². The van der Waals surface area contributed by atoms with Crippen molar-refractivity contribution >= 4 is 23.0 Å². The number of rotatable bonds is 6. The van der Waals surface area contributed by atoms with E-state index in [2.05, 4.69) is 23.3 Å². The minimum atomic E-state index is -0.805. The van der Waals surface area contributed by atoms with E-state index >= 15 is 0 Å². The smallest absolute Gasteiger partial charge is 0.318 e. The number of aryl methyl sites for hydroxylation is 1.